The number of nitrogens with zero attached hydrogens (tertiary/aromatic N) is 1. The first-order chi connectivity index (χ1) is 11.0. The first-order valence-corrected chi connectivity index (χ1v) is 8.43. The van der Waals surface area contributed by atoms with Gasteiger partial charge in [-0.15, -0.1) is 11.3 Å². The Bertz CT molecular complexity index is 869. The molecule has 4 N–H and O–H groups in total. The zero-order valence-electron chi connectivity index (χ0n) is 12.8. The van der Waals surface area contributed by atoms with Crippen molar-refractivity contribution in [2.45, 2.75) is 26.2 Å². The van der Waals surface area contributed by atoms with Crippen LogP contribution >= 0.6 is 11.3 Å². The summed E-state index contributed by atoms with van der Waals surface area (Å²) in [4.78, 5) is 17.9. The smallest absolute Gasteiger partial charge is 0.260 e. The molecule has 0 aromatic carbocycles. The number of primary amides is 1. The Morgan fingerprint density at radius 2 is 2.17 bits per heavy atom. The van der Waals surface area contributed by atoms with Gasteiger partial charge in [0.05, 0.1) is 5.69 Å². The Morgan fingerprint density at radius 1 is 1.39 bits per heavy atom. The summed E-state index contributed by atoms with van der Waals surface area (Å²) in [7, 11) is 0. The highest BCUT2D eigenvalue weighted by molar-refractivity contribution is 7.15. The molecule has 2 aliphatic rings. The molecule has 1 aliphatic heterocycles. The minimum atomic E-state index is -0.498. The lowest BCUT2D eigenvalue weighted by molar-refractivity contribution is 0.100. The van der Waals surface area contributed by atoms with Crippen LogP contribution in [0, 0.1) is 12.8 Å². The number of allylic oxidation sites excluding steroid dienone is 2. The predicted molar refractivity (Wildman–Crippen MR) is 90.8 cm³/mol. The largest absolute Gasteiger partial charge is 0.460 e. The molecule has 2 aromatic rings. The normalized spacial score (nSPS) is 17.3. The molecule has 1 saturated carbocycles. The average Bonchev–Trinajstić information content (AvgIpc) is 3.22. The fourth-order valence-electron chi connectivity index (χ4n) is 2.88. The van der Waals surface area contributed by atoms with Gasteiger partial charge in [-0.05, 0) is 31.9 Å². The Labute approximate surface area is 137 Å². The van der Waals surface area contributed by atoms with Crippen LogP contribution in [0.25, 0.3) is 0 Å². The second-order valence-electron chi connectivity index (χ2n) is 5.99. The van der Waals surface area contributed by atoms with Crippen LogP contribution in [0.15, 0.2) is 33.3 Å². The van der Waals surface area contributed by atoms with Crippen LogP contribution in [0.2, 0.25) is 0 Å². The number of nitrogens with two attached hydrogens (primary N) is 2. The van der Waals surface area contributed by atoms with Gasteiger partial charge >= 0.3 is 0 Å². The van der Waals surface area contributed by atoms with Gasteiger partial charge in [0, 0.05) is 28.5 Å². The molecule has 0 spiro atoms. The van der Waals surface area contributed by atoms with E-state index in [1.54, 1.807) is 0 Å². The van der Waals surface area contributed by atoms with Gasteiger partial charge in [0.1, 0.15) is 16.3 Å². The van der Waals surface area contributed by atoms with E-state index in [0.29, 0.717) is 28.0 Å². The van der Waals surface area contributed by atoms with E-state index in [1.807, 2.05) is 19.1 Å². The number of thiophene rings is 1. The zero-order valence-corrected chi connectivity index (χ0v) is 13.6. The van der Waals surface area contributed by atoms with Crippen molar-refractivity contribution < 1.29 is 9.21 Å². The van der Waals surface area contributed by atoms with Gasteiger partial charge in [0.25, 0.3) is 5.91 Å². The van der Waals surface area contributed by atoms with Crippen molar-refractivity contribution in [3.63, 3.8) is 0 Å². The van der Waals surface area contributed by atoms with Crippen LogP contribution in [-0.2, 0) is 6.42 Å². The van der Waals surface area contributed by atoms with E-state index in [9.17, 15) is 4.79 Å². The summed E-state index contributed by atoms with van der Waals surface area (Å²) in [5, 5.41) is 0. The van der Waals surface area contributed by atoms with Gasteiger partial charge in [-0.3, -0.25) is 4.79 Å². The summed E-state index contributed by atoms with van der Waals surface area (Å²) < 4.78 is 5.78. The number of anilines is 1. The Morgan fingerprint density at radius 3 is 2.78 bits per heavy atom. The number of aliphatic imine (C=N–C) groups is 1. The monoisotopic (exact) mass is 327 g/mol. The maximum atomic E-state index is 11.6. The van der Waals surface area contributed by atoms with Gasteiger partial charge in [-0.2, -0.15) is 0 Å². The first kappa shape index (κ1) is 14.3. The quantitative estimate of drug-likeness (QED) is 0.907. The van der Waals surface area contributed by atoms with E-state index >= 15 is 0 Å². The molecule has 118 valence electrons. The summed E-state index contributed by atoms with van der Waals surface area (Å²) in [5.74, 6) is 1.53. The maximum absolute atomic E-state index is 11.6. The molecule has 2 aromatic heterocycles. The van der Waals surface area contributed by atoms with Crippen molar-refractivity contribution in [2.24, 2.45) is 16.6 Å². The van der Waals surface area contributed by atoms with Crippen LogP contribution < -0.4 is 11.5 Å². The molecule has 23 heavy (non-hydrogen) atoms. The summed E-state index contributed by atoms with van der Waals surface area (Å²) in [5.41, 5.74) is 14.7. The Kier molecular flexibility index (Phi) is 3.16. The third-order valence-corrected chi connectivity index (χ3v) is 5.43. The second-order valence-corrected chi connectivity index (χ2v) is 7.09. The number of nitrogen functional groups attached to an aromatic ring is 1. The number of rotatable bonds is 3. The first-order valence-electron chi connectivity index (χ1n) is 7.61. The van der Waals surface area contributed by atoms with Crippen molar-refractivity contribution in [3.05, 3.63) is 50.7 Å². The molecule has 0 radical (unpaired) electrons. The molecule has 1 amide bonds. The van der Waals surface area contributed by atoms with Crippen molar-refractivity contribution in [2.75, 3.05) is 5.73 Å². The van der Waals surface area contributed by atoms with Crippen LogP contribution in [-0.4, -0.2) is 11.6 Å². The van der Waals surface area contributed by atoms with Crippen molar-refractivity contribution in [3.8, 4) is 0 Å². The highest BCUT2D eigenvalue weighted by Gasteiger charge is 2.31. The molecule has 0 unspecified atom stereocenters. The average molecular weight is 327 g/mol. The highest BCUT2D eigenvalue weighted by atomic mass is 32.1. The number of furan rings is 1. The SMILES string of the molecule is Cc1ccc(C2=NC(C3CC3)=CCc3sc(C(N)=O)c(N)c32)o1. The number of aryl methyl sites for hydroxylation is 1. The van der Waals surface area contributed by atoms with Crippen molar-refractivity contribution in [1.82, 2.24) is 0 Å². The lowest BCUT2D eigenvalue weighted by Crippen LogP contribution is -2.13. The fourth-order valence-corrected chi connectivity index (χ4v) is 3.92. The number of hydrogen-bond donors (Lipinski definition) is 2. The molecule has 1 aliphatic carbocycles. The molecule has 4 rings (SSSR count). The van der Waals surface area contributed by atoms with Crippen molar-refractivity contribution in [1.29, 1.82) is 0 Å². The number of carbonyl (C=O) groups excluding carboxylic acids is 1. The third kappa shape index (κ3) is 2.39. The lowest BCUT2D eigenvalue weighted by Gasteiger charge is -2.06. The van der Waals surface area contributed by atoms with Crippen LogP contribution in [0.3, 0.4) is 0 Å². The van der Waals surface area contributed by atoms with Gasteiger partial charge in [0.15, 0.2) is 5.76 Å². The van der Waals surface area contributed by atoms with E-state index in [1.165, 1.54) is 24.2 Å². The zero-order chi connectivity index (χ0) is 16.1. The van der Waals surface area contributed by atoms with Crippen LogP contribution in [0.4, 0.5) is 5.69 Å². The number of fused-ring (bicyclic) bond motifs is 1. The number of hydrogen-bond acceptors (Lipinski definition) is 5. The second kappa shape index (κ2) is 5.09. The van der Waals surface area contributed by atoms with E-state index in [4.69, 9.17) is 20.9 Å². The topological polar surface area (TPSA) is 94.6 Å². The van der Waals surface area contributed by atoms with Gasteiger partial charge in [-0.1, -0.05) is 6.08 Å². The molecule has 5 nitrogen and oxygen atoms in total. The lowest BCUT2D eigenvalue weighted by atomic mass is 10.1. The molecular weight excluding hydrogens is 310 g/mol. The summed E-state index contributed by atoms with van der Waals surface area (Å²) in [6, 6.07) is 3.80. The predicted octanol–water partition coefficient (Wildman–Crippen LogP) is 3.02. The third-order valence-electron chi connectivity index (χ3n) is 4.19. The number of carbonyl (C=O) groups is 1. The van der Waals surface area contributed by atoms with Crippen LogP contribution in [0.5, 0.6) is 0 Å². The maximum Gasteiger partial charge on any atom is 0.260 e. The summed E-state index contributed by atoms with van der Waals surface area (Å²) >= 11 is 1.36. The van der Waals surface area contributed by atoms with Gasteiger partial charge in [-0.25, -0.2) is 4.99 Å². The van der Waals surface area contributed by atoms with E-state index in [2.05, 4.69) is 6.08 Å². The molecular formula is C17H17N3O2S. The summed E-state index contributed by atoms with van der Waals surface area (Å²) in [6.07, 6.45) is 5.21. The Hall–Kier alpha value is -2.34. The minimum Gasteiger partial charge on any atom is -0.460 e. The number of amides is 1. The fraction of sp³-hybridized carbons (Fsp3) is 0.294. The molecule has 0 atom stereocenters. The molecule has 6 heteroatoms. The molecule has 1 fully saturated rings. The summed E-state index contributed by atoms with van der Waals surface area (Å²) in [6.45, 7) is 1.89. The van der Waals surface area contributed by atoms with Gasteiger partial charge < -0.3 is 15.9 Å². The minimum absolute atomic E-state index is 0.397. The van der Waals surface area contributed by atoms with Crippen LogP contribution in [0.1, 0.15) is 44.5 Å². The molecule has 3 heterocycles. The highest BCUT2D eigenvalue weighted by Crippen LogP contribution is 2.42. The van der Waals surface area contributed by atoms with E-state index in [-0.39, 0.29) is 0 Å². The van der Waals surface area contributed by atoms with Crippen molar-refractivity contribution >= 4 is 28.6 Å². The standard InChI is InChI=1S/C17H17N3O2S/c1-8-2-6-11(22-8)15-13-12(23-16(14(13)18)17(19)21)7-5-10(20-15)9-3-4-9/h2,5-6,9H,3-4,7,18H2,1H3,(H2,19,21). The Balaban J connectivity index is 1.92. The van der Waals surface area contributed by atoms with E-state index in [0.717, 1.165) is 28.3 Å². The molecule has 0 saturated heterocycles. The molecule has 0 bridgehead atoms. The van der Waals surface area contributed by atoms with Gasteiger partial charge in [0.2, 0.25) is 0 Å². The van der Waals surface area contributed by atoms with E-state index < -0.39 is 5.91 Å².